The fourth-order valence-electron chi connectivity index (χ4n) is 2.12. The van der Waals surface area contributed by atoms with Crippen LogP contribution >= 0.6 is 0 Å². The van der Waals surface area contributed by atoms with Crippen molar-refractivity contribution in [3.63, 3.8) is 0 Å². The molecule has 0 fully saturated rings. The van der Waals surface area contributed by atoms with Crippen molar-refractivity contribution in [3.05, 3.63) is 35.9 Å². The molecule has 20 heavy (non-hydrogen) atoms. The smallest absolute Gasteiger partial charge is 0.309 e. The molecule has 4 nitrogen and oxygen atoms in total. The summed E-state index contributed by atoms with van der Waals surface area (Å²) in [7, 11) is 0. The van der Waals surface area contributed by atoms with Crippen LogP contribution in [0.25, 0.3) is 0 Å². The van der Waals surface area contributed by atoms with Crippen molar-refractivity contribution in [1.29, 1.82) is 0 Å². The Labute approximate surface area is 120 Å². The van der Waals surface area contributed by atoms with Gasteiger partial charge >= 0.3 is 11.9 Å². The van der Waals surface area contributed by atoms with Crippen molar-refractivity contribution in [2.24, 2.45) is 5.92 Å². The van der Waals surface area contributed by atoms with Crippen LogP contribution < -0.4 is 0 Å². The van der Waals surface area contributed by atoms with Gasteiger partial charge in [0, 0.05) is 5.92 Å². The molecule has 0 aliphatic rings. The summed E-state index contributed by atoms with van der Waals surface area (Å²) in [6.07, 6.45) is 0.178. The van der Waals surface area contributed by atoms with Crippen LogP contribution in [0.5, 0.6) is 0 Å². The van der Waals surface area contributed by atoms with E-state index < -0.39 is 0 Å². The Bertz CT molecular complexity index is 427. The minimum absolute atomic E-state index is 0.178. The molecular weight excluding hydrogens is 256 g/mol. The second-order valence-corrected chi connectivity index (χ2v) is 4.57. The monoisotopic (exact) mass is 278 g/mol. The molecule has 0 amide bonds. The fraction of sp³-hybridized carbons (Fsp3) is 0.500. The first-order chi connectivity index (χ1) is 9.60. The van der Waals surface area contributed by atoms with Crippen molar-refractivity contribution in [2.45, 2.75) is 33.1 Å². The van der Waals surface area contributed by atoms with Gasteiger partial charge in [0.15, 0.2) is 0 Å². The SMILES string of the molecule is CCOC(=O)CC(c1ccccc1)C(C)C(=O)OCC. The van der Waals surface area contributed by atoms with E-state index >= 15 is 0 Å². The van der Waals surface area contributed by atoms with Crippen molar-refractivity contribution >= 4 is 11.9 Å². The van der Waals surface area contributed by atoms with E-state index in [0.29, 0.717) is 13.2 Å². The standard InChI is InChI=1S/C16H22O4/c1-4-19-15(17)11-14(12(3)16(18)20-5-2)13-9-7-6-8-10-13/h6-10,12,14H,4-5,11H2,1-3H3. The molecule has 110 valence electrons. The van der Waals surface area contributed by atoms with Crippen LogP contribution in [0.3, 0.4) is 0 Å². The number of ether oxygens (including phenoxy) is 2. The van der Waals surface area contributed by atoms with Gasteiger partial charge in [0.25, 0.3) is 0 Å². The van der Waals surface area contributed by atoms with Gasteiger partial charge in [-0.2, -0.15) is 0 Å². The molecule has 0 radical (unpaired) electrons. The zero-order chi connectivity index (χ0) is 15.0. The molecule has 0 N–H and O–H groups in total. The van der Waals surface area contributed by atoms with E-state index in [0.717, 1.165) is 5.56 Å². The molecule has 1 aromatic carbocycles. The molecule has 2 unspecified atom stereocenters. The van der Waals surface area contributed by atoms with Crippen molar-refractivity contribution < 1.29 is 19.1 Å². The topological polar surface area (TPSA) is 52.6 Å². The second-order valence-electron chi connectivity index (χ2n) is 4.57. The predicted octanol–water partition coefficient (Wildman–Crippen LogP) is 2.92. The predicted molar refractivity (Wildman–Crippen MR) is 76.2 cm³/mol. The van der Waals surface area contributed by atoms with Crippen LogP contribution in [0.4, 0.5) is 0 Å². The first kappa shape index (κ1) is 16.2. The lowest BCUT2D eigenvalue weighted by atomic mass is 9.84. The summed E-state index contributed by atoms with van der Waals surface area (Å²) in [6, 6.07) is 9.52. The maximum absolute atomic E-state index is 11.9. The lowest BCUT2D eigenvalue weighted by Gasteiger charge is -2.22. The van der Waals surface area contributed by atoms with E-state index in [1.165, 1.54) is 0 Å². The van der Waals surface area contributed by atoms with Gasteiger partial charge in [-0.15, -0.1) is 0 Å². The molecule has 2 atom stereocenters. The molecule has 0 spiro atoms. The highest BCUT2D eigenvalue weighted by Gasteiger charge is 2.29. The number of benzene rings is 1. The molecule has 0 heterocycles. The average molecular weight is 278 g/mol. The average Bonchev–Trinajstić information content (AvgIpc) is 2.45. The van der Waals surface area contributed by atoms with E-state index in [9.17, 15) is 9.59 Å². The van der Waals surface area contributed by atoms with Crippen molar-refractivity contribution in [1.82, 2.24) is 0 Å². The van der Waals surface area contributed by atoms with Crippen LogP contribution in [-0.4, -0.2) is 25.2 Å². The summed E-state index contributed by atoms with van der Waals surface area (Å²) < 4.78 is 10.0. The number of carbonyl (C=O) groups is 2. The number of carbonyl (C=O) groups excluding carboxylic acids is 2. The molecule has 0 aliphatic heterocycles. The fourth-order valence-corrected chi connectivity index (χ4v) is 2.12. The normalized spacial score (nSPS) is 13.3. The number of hydrogen-bond donors (Lipinski definition) is 0. The maximum Gasteiger partial charge on any atom is 0.309 e. The van der Waals surface area contributed by atoms with E-state index in [2.05, 4.69) is 0 Å². The van der Waals surface area contributed by atoms with Gasteiger partial charge in [0.1, 0.15) is 0 Å². The summed E-state index contributed by atoms with van der Waals surface area (Å²) >= 11 is 0. The van der Waals surface area contributed by atoms with Gasteiger partial charge in [0.2, 0.25) is 0 Å². The number of hydrogen-bond acceptors (Lipinski definition) is 4. The lowest BCUT2D eigenvalue weighted by Crippen LogP contribution is -2.24. The van der Waals surface area contributed by atoms with Crippen LogP contribution in [0.15, 0.2) is 30.3 Å². The van der Waals surface area contributed by atoms with Gasteiger partial charge in [-0.1, -0.05) is 37.3 Å². The Morgan fingerprint density at radius 2 is 1.65 bits per heavy atom. The Kier molecular flexibility index (Phi) is 6.77. The first-order valence-electron chi connectivity index (χ1n) is 6.97. The summed E-state index contributed by atoms with van der Waals surface area (Å²) in [4.78, 5) is 23.7. The zero-order valence-electron chi connectivity index (χ0n) is 12.3. The van der Waals surface area contributed by atoms with E-state index in [-0.39, 0.29) is 30.2 Å². The maximum atomic E-state index is 11.9. The molecule has 0 bridgehead atoms. The molecular formula is C16H22O4. The van der Waals surface area contributed by atoms with Crippen molar-refractivity contribution in [3.8, 4) is 0 Å². The summed E-state index contributed by atoms with van der Waals surface area (Å²) in [5.74, 6) is -1.20. The minimum Gasteiger partial charge on any atom is -0.466 e. The summed E-state index contributed by atoms with van der Waals surface area (Å²) in [5, 5.41) is 0. The molecule has 0 saturated heterocycles. The van der Waals surface area contributed by atoms with Crippen LogP contribution in [-0.2, 0) is 19.1 Å². The van der Waals surface area contributed by atoms with Gasteiger partial charge in [-0.25, -0.2) is 0 Å². The van der Waals surface area contributed by atoms with Crippen molar-refractivity contribution in [2.75, 3.05) is 13.2 Å². The zero-order valence-corrected chi connectivity index (χ0v) is 12.3. The van der Waals surface area contributed by atoms with E-state index in [1.807, 2.05) is 30.3 Å². The Hall–Kier alpha value is -1.84. The van der Waals surface area contributed by atoms with E-state index in [4.69, 9.17) is 9.47 Å². The summed E-state index contributed by atoms with van der Waals surface area (Å²) in [6.45, 7) is 6.00. The third-order valence-electron chi connectivity index (χ3n) is 3.18. The third-order valence-corrected chi connectivity index (χ3v) is 3.18. The highest BCUT2D eigenvalue weighted by molar-refractivity contribution is 5.76. The van der Waals surface area contributed by atoms with Crippen LogP contribution in [0.1, 0.15) is 38.7 Å². The van der Waals surface area contributed by atoms with Gasteiger partial charge in [-0.3, -0.25) is 9.59 Å². The minimum atomic E-state index is -0.387. The Morgan fingerprint density at radius 1 is 1.05 bits per heavy atom. The highest BCUT2D eigenvalue weighted by atomic mass is 16.5. The molecule has 0 aromatic heterocycles. The second kappa shape index (κ2) is 8.35. The molecule has 1 rings (SSSR count). The molecule has 0 saturated carbocycles. The molecule has 4 heteroatoms. The Morgan fingerprint density at radius 3 is 2.20 bits per heavy atom. The van der Waals surface area contributed by atoms with E-state index in [1.54, 1.807) is 20.8 Å². The van der Waals surface area contributed by atoms with Crippen LogP contribution in [0.2, 0.25) is 0 Å². The molecule has 1 aromatic rings. The quantitative estimate of drug-likeness (QED) is 0.720. The lowest BCUT2D eigenvalue weighted by molar-refractivity contribution is -0.149. The highest BCUT2D eigenvalue weighted by Crippen LogP contribution is 2.29. The Balaban J connectivity index is 2.89. The van der Waals surface area contributed by atoms with Gasteiger partial charge in [-0.05, 0) is 19.4 Å². The third kappa shape index (κ3) is 4.68. The first-order valence-corrected chi connectivity index (χ1v) is 6.97. The van der Waals surface area contributed by atoms with Gasteiger partial charge in [0.05, 0.1) is 25.6 Å². The number of rotatable bonds is 7. The largest absolute Gasteiger partial charge is 0.466 e. The number of esters is 2. The van der Waals surface area contributed by atoms with Crippen LogP contribution in [0, 0.1) is 5.92 Å². The van der Waals surface area contributed by atoms with Gasteiger partial charge < -0.3 is 9.47 Å². The summed E-state index contributed by atoms with van der Waals surface area (Å²) in [5.41, 5.74) is 0.945. The molecule has 0 aliphatic carbocycles.